The number of aromatic nitrogens is 4. The second-order valence-corrected chi connectivity index (χ2v) is 7.39. The molecule has 7 nitrogen and oxygen atoms in total. The van der Waals surface area contributed by atoms with Gasteiger partial charge in [0.15, 0.2) is 0 Å². The molecule has 3 heterocycles. The van der Waals surface area contributed by atoms with Crippen LogP contribution in [0.3, 0.4) is 0 Å². The van der Waals surface area contributed by atoms with Crippen molar-refractivity contribution in [1.82, 2.24) is 24.6 Å². The van der Waals surface area contributed by atoms with Crippen LogP contribution in [0.15, 0.2) is 12.3 Å². The minimum Gasteiger partial charge on any atom is -0.368 e. The molecule has 0 bridgehead atoms. The number of aryl methyl sites for hydroxylation is 3. The smallest absolute Gasteiger partial charge is 0.244 e. The zero-order chi connectivity index (χ0) is 17.6. The highest BCUT2D eigenvalue weighted by molar-refractivity contribution is 5.76. The van der Waals surface area contributed by atoms with E-state index < -0.39 is 0 Å². The molecule has 7 heteroatoms. The number of nitrogens with two attached hydrogens (primary N) is 1. The summed E-state index contributed by atoms with van der Waals surface area (Å²) in [5, 5.41) is 4.41. The van der Waals surface area contributed by atoms with E-state index in [1.165, 1.54) is 5.56 Å². The molecule has 2 aromatic heterocycles. The maximum atomic E-state index is 12.9. The van der Waals surface area contributed by atoms with Gasteiger partial charge in [-0.25, -0.2) is 9.97 Å². The Hall–Kier alpha value is -2.44. The Morgan fingerprint density at radius 3 is 2.96 bits per heavy atom. The van der Waals surface area contributed by atoms with Gasteiger partial charge in [-0.2, -0.15) is 5.10 Å². The highest BCUT2D eigenvalue weighted by atomic mass is 16.2. The summed E-state index contributed by atoms with van der Waals surface area (Å²) >= 11 is 0. The lowest BCUT2D eigenvalue weighted by Gasteiger charge is -2.40. The Morgan fingerprint density at radius 1 is 1.36 bits per heavy atom. The Bertz CT molecular complexity index is 825. The number of rotatable bonds is 2. The van der Waals surface area contributed by atoms with E-state index in [-0.39, 0.29) is 11.3 Å². The fraction of sp³-hybridized carbons (Fsp3) is 0.556. The molecule has 1 aliphatic carbocycles. The third-order valence-corrected chi connectivity index (χ3v) is 5.58. The highest BCUT2D eigenvalue weighted by Crippen LogP contribution is 2.44. The van der Waals surface area contributed by atoms with Crippen molar-refractivity contribution in [2.24, 2.45) is 0 Å². The van der Waals surface area contributed by atoms with Crippen LogP contribution in [0.5, 0.6) is 0 Å². The van der Waals surface area contributed by atoms with Gasteiger partial charge in [0, 0.05) is 30.4 Å². The molecule has 1 aliphatic heterocycles. The van der Waals surface area contributed by atoms with Crippen molar-refractivity contribution in [3.05, 3.63) is 34.9 Å². The van der Waals surface area contributed by atoms with Crippen molar-refractivity contribution in [2.45, 2.75) is 51.5 Å². The molecule has 1 unspecified atom stereocenters. The molecule has 25 heavy (non-hydrogen) atoms. The third kappa shape index (κ3) is 2.77. The lowest BCUT2D eigenvalue weighted by Crippen LogP contribution is -2.49. The van der Waals surface area contributed by atoms with Crippen LogP contribution < -0.4 is 5.73 Å². The first kappa shape index (κ1) is 16.1. The Labute approximate surface area is 147 Å². The van der Waals surface area contributed by atoms with Gasteiger partial charge in [0.05, 0.1) is 11.4 Å². The number of nitrogen functional groups attached to an aromatic ring is 1. The first-order valence-corrected chi connectivity index (χ1v) is 8.88. The van der Waals surface area contributed by atoms with Crippen LogP contribution in [0.1, 0.15) is 41.9 Å². The number of carbonyl (C=O) groups is 1. The van der Waals surface area contributed by atoms with E-state index in [1.54, 1.807) is 4.68 Å². The monoisotopic (exact) mass is 340 g/mol. The van der Waals surface area contributed by atoms with Gasteiger partial charge in [-0.15, -0.1) is 0 Å². The number of anilines is 1. The molecule has 1 atom stereocenters. The van der Waals surface area contributed by atoms with Gasteiger partial charge in [-0.1, -0.05) is 0 Å². The van der Waals surface area contributed by atoms with Crippen molar-refractivity contribution in [1.29, 1.82) is 0 Å². The van der Waals surface area contributed by atoms with Gasteiger partial charge in [-0.3, -0.25) is 9.48 Å². The van der Waals surface area contributed by atoms with Crippen LogP contribution in [0, 0.1) is 13.8 Å². The predicted octanol–water partition coefficient (Wildman–Crippen LogP) is 1.38. The zero-order valence-electron chi connectivity index (χ0n) is 14.8. The highest BCUT2D eigenvalue weighted by Gasteiger charge is 2.44. The first-order valence-electron chi connectivity index (χ1n) is 8.88. The van der Waals surface area contributed by atoms with Crippen molar-refractivity contribution in [3.8, 4) is 0 Å². The van der Waals surface area contributed by atoms with Crippen LogP contribution in [0.4, 0.5) is 5.95 Å². The van der Waals surface area contributed by atoms with E-state index in [9.17, 15) is 4.79 Å². The van der Waals surface area contributed by atoms with E-state index in [0.717, 1.165) is 49.3 Å². The molecule has 1 fully saturated rings. The van der Waals surface area contributed by atoms with Crippen molar-refractivity contribution < 1.29 is 4.79 Å². The predicted molar refractivity (Wildman–Crippen MR) is 94.0 cm³/mol. The Morgan fingerprint density at radius 2 is 2.20 bits per heavy atom. The maximum Gasteiger partial charge on any atom is 0.244 e. The maximum absolute atomic E-state index is 12.9. The average molecular weight is 340 g/mol. The van der Waals surface area contributed by atoms with Crippen molar-refractivity contribution >= 4 is 11.9 Å². The van der Waals surface area contributed by atoms with E-state index in [2.05, 4.69) is 15.1 Å². The number of likely N-dealkylation sites (tertiary alicyclic amines) is 1. The van der Waals surface area contributed by atoms with Gasteiger partial charge < -0.3 is 10.6 Å². The zero-order valence-corrected chi connectivity index (χ0v) is 14.8. The molecular weight excluding hydrogens is 316 g/mol. The van der Waals surface area contributed by atoms with Crippen LogP contribution >= 0.6 is 0 Å². The molecule has 0 radical (unpaired) electrons. The number of fused-ring (bicyclic) bond motifs is 2. The van der Waals surface area contributed by atoms with Crippen LogP contribution in [-0.2, 0) is 23.2 Å². The quantitative estimate of drug-likeness (QED) is 0.892. The number of hydrogen-bond acceptors (Lipinski definition) is 5. The van der Waals surface area contributed by atoms with E-state index in [0.29, 0.717) is 19.0 Å². The normalized spacial score (nSPS) is 22.4. The number of amides is 1. The molecule has 2 aliphatic rings. The van der Waals surface area contributed by atoms with Crippen molar-refractivity contribution in [3.63, 3.8) is 0 Å². The number of hydrogen-bond donors (Lipinski definition) is 1. The van der Waals surface area contributed by atoms with E-state index >= 15 is 0 Å². The summed E-state index contributed by atoms with van der Waals surface area (Å²) in [5.41, 5.74) is 9.96. The average Bonchev–Trinajstić information content (AvgIpc) is 3.08. The molecule has 1 saturated heterocycles. The van der Waals surface area contributed by atoms with Crippen LogP contribution in [0.25, 0.3) is 0 Å². The van der Waals surface area contributed by atoms with Crippen LogP contribution in [-0.4, -0.2) is 43.6 Å². The topological polar surface area (TPSA) is 89.9 Å². The number of carbonyl (C=O) groups excluding carboxylic acids is 1. The molecule has 2 N–H and O–H groups in total. The summed E-state index contributed by atoms with van der Waals surface area (Å²) in [5.74, 6) is 0.451. The fourth-order valence-electron chi connectivity index (χ4n) is 4.36. The molecule has 1 spiro atoms. The first-order chi connectivity index (χ1) is 12.0. The Balaban J connectivity index is 1.55. The molecular formula is C18H24N6O. The van der Waals surface area contributed by atoms with Gasteiger partial charge in [-0.05, 0) is 51.2 Å². The van der Waals surface area contributed by atoms with E-state index in [4.69, 9.17) is 5.73 Å². The minimum absolute atomic E-state index is 0.0601. The summed E-state index contributed by atoms with van der Waals surface area (Å²) in [6, 6.07) is 2.00. The second-order valence-electron chi connectivity index (χ2n) is 7.39. The standard InChI is InChI=1S/C18H24N6O/c1-12-8-13(2)24(22-12)10-15(25)23-7-3-5-18(11-23)6-4-14-9-20-17(19)21-16(14)18/h8-9H,3-7,10-11H2,1-2H3,(H2,19,20,21). The summed E-state index contributed by atoms with van der Waals surface area (Å²) in [7, 11) is 0. The largest absolute Gasteiger partial charge is 0.368 e. The molecule has 1 amide bonds. The summed E-state index contributed by atoms with van der Waals surface area (Å²) in [4.78, 5) is 23.5. The summed E-state index contributed by atoms with van der Waals surface area (Å²) in [6.07, 6.45) is 5.88. The third-order valence-electron chi connectivity index (χ3n) is 5.58. The van der Waals surface area contributed by atoms with Gasteiger partial charge in [0.25, 0.3) is 0 Å². The summed E-state index contributed by atoms with van der Waals surface area (Å²) in [6.45, 7) is 5.75. The molecule has 2 aromatic rings. The molecule has 4 rings (SSSR count). The van der Waals surface area contributed by atoms with Gasteiger partial charge >= 0.3 is 0 Å². The minimum atomic E-state index is -0.0601. The van der Waals surface area contributed by atoms with Crippen LogP contribution in [0.2, 0.25) is 0 Å². The van der Waals surface area contributed by atoms with E-state index in [1.807, 2.05) is 31.0 Å². The SMILES string of the molecule is Cc1cc(C)n(CC(=O)N2CCCC3(CCc4cnc(N)nc43)C2)n1. The fourth-order valence-corrected chi connectivity index (χ4v) is 4.36. The van der Waals surface area contributed by atoms with Crippen molar-refractivity contribution in [2.75, 3.05) is 18.8 Å². The molecule has 132 valence electrons. The molecule has 0 saturated carbocycles. The lowest BCUT2D eigenvalue weighted by atomic mass is 9.77. The summed E-state index contributed by atoms with van der Waals surface area (Å²) < 4.78 is 1.79. The Kier molecular flexibility index (Phi) is 3.74. The number of piperidine rings is 1. The number of nitrogens with zero attached hydrogens (tertiary/aromatic N) is 5. The second kappa shape index (κ2) is 5.82. The molecule has 0 aromatic carbocycles. The van der Waals surface area contributed by atoms with Gasteiger partial charge in [0.1, 0.15) is 6.54 Å². The van der Waals surface area contributed by atoms with Gasteiger partial charge in [0.2, 0.25) is 11.9 Å². The lowest BCUT2D eigenvalue weighted by molar-refractivity contribution is -0.134.